The molecule has 0 aliphatic carbocycles. The van der Waals surface area contributed by atoms with E-state index in [4.69, 9.17) is 0 Å². The summed E-state index contributed by atoms with van der Waals surface area (Å²) in [6.07, 6.45) is 4.87. The number of rotatable bonds is 5. The lowest BCUT2D eigenvalue weighted by atomic mass is 10.00. The van der Waals surface area contributed by atoms with Gasteiger partial charge in [0.05, 0.1) is 6.54 Å². The van der Waals surface area contributed by atoms with E-state index in [-0.39, 0.29) is 5.91 Å². The number of piperazine rings is 1. The van der Waals surface area contributed by atoms with Gasteiger partial charge < -0.3 is 15.1 Å². The number of likely N-dealkylation sites (tertiary alicyclic amines) is 1. The fourth-order valence-electron chi connectivity index (χ4n) is 3.94. The van der Waals surface area contributed by atoms with Gasteiger partial charge in [-0.1, -0.05) is 13.3 Å². The van der Waals surface area contributed by atoms with Crippen molar-refractivity contribution in [3.63, 3.8) is 0 Å². The van der Waals surface area contributed by atoms with Crippen molar-refractivity contribution in [1.29, 1.82) is 0 Å². The van der Waals surface area contributed by atoms with Crippen molar-refractivity contribution in [1.82, 2.24) is 9.80 Å². The van der Waals surface area contributed by atoms with Crippen LogP contribution in [0.2, 0.25) is 0 Å². The topological polar surface area (TPSA) is 38.8 Å². The van der Waals surface area contributed by atoms with Gasteiger partial charge in [0.25, 0.3) is 0 Å². The third-order valence-electron chi connectivity index (χ3n) is 5.59. The quantitative estimate of drug-likeness (QED) is 0.891. The SMILES string of the molecule is CCC1CCCCN1CC(=O)Nc1ccc(N2CCN(C)CC2)cc1. The van der Waals surface area contributed by atoms with Crippen molar-refractivity contribution < 1.29 is 4.79 Å². The minimum atomic E-state index is 0.104. The number of nitrogens with one attached hydrogen (secondary N) is 1. The van der Waals surface area contributed by atoms with Crippen LogP contribution in [0.3, 0.4) is 0 Å². The zero-order valence-corrected chi connectivity index (χ0v) is 15.7. The van der Waals surface area contributed by atoms with Crippen molar-refractivity contribution in [3.8, 4) is 0 Å². The van der Waals surface area contributed by atoms with Crippen LogP contribution in [0.5, 0.6) is 0 Å². The van der Waals surface area contributed by atoms with Crippen molar-refractivity contribution >= 4 is 17.3 Å². The molecule has 1 unspecified atom stereocenters. The number of anilines is 2. The highest BCUT2D eigenvalue weighted by Gasteiger charge is 2.22. The van der Waals surface area contributed by atoms with E-state index in [1.54, 1.807) is 0 Å². The Bertz CT molecular complexity index is 551. The van der Waals surface area contributed by atoms with E-state index in [1.807, 2.05) is 12.1 Å². The Morgan fingerprint density at radius 3 is 2.48 bits per heavy atom. The second-order valence-corrected chi connectivity index (χ2v) is 7.41. The maximum absolute atomic E-state index is 12.4. The number of benzene rings is 1. The molecule has 0 aromatic heterocycles. The van der Waals surface area contributed by atoms with Gasteiger partial charge in [-0.25, -0.2) is 0 Å². The maximum atomic E-state index is 12.4. The fraction of sp³-hybridized carbons (Fsp3) is 0.650. The molecule has 1 aromatic rings. The Hall–Kier alpha value is -1.59. The number of carbonyl (C=O) groups excluding carboxylic acids is 1. The molecule has 1 amide bonds. The summed E-state index contributed by atoms with van der Waals surface area (Å²) in [6, 6.07) is 8.87. The van der Waals surface area contributed by atoms with E-state index in [2.05, 4.69) is 46.1 Å². The third kappa shape index (κ3) is 4.95. The van der Waals surface area contributed by atoms with Crippen LogP contribution in [0.25, 0.3) is 0 Å². The lowest BCUT2D eigenvalue weighted by Crippen LogP contribution is -2.44. The highest BCUT2D eigenvalue weighted by Crippen LogP contribution is 2.21. The van der Waals surface area contributed by atoms with Gasteiger partial charge in [-0.05, 0) is 57.1 Å². The molecule has 0 spiro atoms. The van der Waals surface area contributed by atoms with Crippen LogP contribution >= 0.6 is 0 Å². The largest absolute Gasteiger partial charge is 0.369 e. The van der Waals surface area contributed by atoms with Crippen molar-refractivity contribution in [3.05, 3.63) is 24.3 Å². The molecule has 5 heteroatoms. The maximum Gasteiger partial charge on any atom is 0.238 e. The minimum absolute atomic E-state index is 0.104. The number of hydrogen-bond acceptors (Lipinski definition) is 4. The van der Waals surface area contributed by atoms with Gasteiger partial charge >= 0.3 is 0 Å². The molecule has 0 radical (unpaired) electrons. The number of hydrogen-bond donors (Lipinski definition) is 1. The summed E-state index contributed by atoms with van der Waals surface area (Å²) < 4.78 is 0. The number of nitrogens with zero attached hydrogens (tertiary/aromatic N) is 3. The average molecular weight is 345 g/mol. The summed E-state index contributed by atoms with van der Waals surface area (Å²) in [7, 11) is 2.17. The first-order chi connectivity index (χ1) is 12.2. The summed E-state index contributed by atoms with van der Waals surface area (Å²) in [5.74, 6) is 0.104. The van der Waals surface area contributed by atoms with Gasteiger partial charge in [-0.2, -0.15) is 0 Å². The number of carbonyl (C=O) groups is 1. The Labute approximate surface area is 152 Å². The molecule has 1 atom stereocenters. The molecule has 2 aliphatic heterocycles. The molecule has 2 heterocycles. The summed E-state index contributed by atoms with van der Waals surface area (Å²) in [4.78, 5) is 19.5. The summed E-state index contributed by atoms with van der Waals surface area (Å²) in [6.45, 7) is 8.12. The second-order valence-electron chi connectivity index (χ2n) is 7.41. The number of piperidine rings is 1. The molecule has 0 saturated carbocycles. The molecule has 2 saturated heterocycles. The van der Waals surface area contributed by atoms with E-state index in [1.165, 1.54) is 24.9 Å². The van der Waals surface area contributed by atoms with E-state index < -0.39 is 0 Å². The molecule has 2 fully saturated rings. The highest BCUT2D eigenvalue weighted by molar-refractivity contribution is 5.92. The van der Waals surface area contributed by atoms with Gasteiger partial charge in [-0.3, -0.25) is 9.69 Å². The van der Waals surface area contributed by atoms with Crippen LogP contribution in [0.1, 0.15) is 32.6 Å². The molecule has 0 bridgehead atoms. The van der Waals surface area contributed by atoms with Crippen LogP contribution in [0.4, 0.5) is 11.4 Å². The van der Waals surface area contributed by atoms with E-state index in [9.17, 15) is 4.79 Å². The molecule has 25 heavy (non-hydrogen) atoms. The predicted molar refractivity (Wildman–Crippen MR) is 104 cm³/mol. The van der Waals surface area contributed by atoms with Gasteiger partial charge in [0.1, 0.15) is 0 Å². The Kier molecular flexibility index (Phi) is 6.32. The van der Waals surface area contributed by atoms with Crippen LogP contribution in [0, 0.1) is 0 Å². The van der Waals surface area contributed by atoms with Crippen molar-refractivity contribution in [2.75, 3.05) is 56.5 Å². The normalized spacial score (nSPS) is 22.8. The van der Waals surface area contributed by atoms with Crippen molar-refractivity contribution in [2.24, 2.45) is 0 Å². The highest BCUT2D eigenvalue weighted by atomic mass is 16.2. The first-order valence-electron chi connectivity index (χ1n) is 9.73. The summed E-state index contributed by atoms with van der Waals surface area (Å²) in [5, 5.41) is 3.06. The van der Waals surface area contributed by atoms with Gasteiger partial charge in [-0.15, -0.1) is 0 Å². The van der Waals surface area contributed by atoms with E-state index >= 15 is 0 Å². The van der Waals surface area contributed by atoms with E-state index in [0.29, 0.717) is 12.6 Å². The molecule has 1 aromatic carbocycles. The summed E-state index contributed by atoms with van der Waals surface area (Å²) >= 11 is 0. The zero-order valence-electron chi connectivity index (χ0n) is 15.7. The predicted octanol–water partition coefficient (Wildman–Crippen LogP) is 2.64. The van der Waals surface area contributed by atoms with Crippen LogP contribution in [-0.4, -0.2) is 68.1 Å². The Morgan fingerprint density at radius 1 is 1.08 bits per heavy atom. The van der Waals surface area contributed by atoms with Crippen molar-refractivity contribution in [2.45, 2.75) is 38.6 Å². The first kappa shape index (κ1) is 18.2. The Morgan fingerprint density at radius 2 is 1.80 bits per heavy atom. The molecule has 1 N–H and O–H groups in total. The van der Waals surface area contributed by atoms with Gasteiger partial charge in [0.15, 0.2) is 0 Å². The van der Waals surface area contributed by atoms with Gasteiger partial charge in [0.2, 0.25) is 5.91 Å². The zero-order chi connectivity index (χ0) is 17.6. The lowest BCUT2D eigenvalue weighted by Gasteiger charge is -2.34. The lowest BCUT2D eigenvalue weighted by molar-refractivity contribution is -0.118. The molecule has 3 rings (SSSR count). The Balaban J connectivity index is 1.51. The van der Waals surface area contributed by atoms with Crippen LogP contribution in [0.15, 0.2) is 24.3 Å². The van der Waals surface area contributed by atoms with Crippen LogP contribution in [-0.2, 0) is 4.79 Å². The minimum Gasteiger partial charge on any atom is -0.369 e. The van der Waals surface area contributed by atoms with Crippen LogP contribution < -0.4 is 10.2 Å². The molecular weight excluding hydrogens is 312 g/mol. The van der Waals surface area contributed by atoms with Gasteiger partial charge in [0, 0.05) is 43.6 Å². The fourth-order valence-corrected chi connectivity index (χ4v) is 3.94. The molecule has 138 valence electrons. The van der Waals surface area contributed by atoms with E-state index in [0.717, 1.165) is 44.8 Å². The average Bonchev–Trinajstić information content (AvgIpc) is 2.63. The first-order valence-corrected chi connectivity index (χ1v) is 9.73. The number of likely N-dealkylation sites (N-methyl/N-ethyl adjacent to an activating group) is 1. The molecule has 5 nitrogen and oxygen atoms in total. The second kappa shape index (κ2) is 8.68. The summed E-state index contributed by atoms with van der Waals surface area (Å²) in [5.41, 5.74) is 2.14. The molecule has 2 aliphatic rings. The standard InChI is InChI=1S/C20H32N4O/c1-3-18-6-4-5-11-24(18)16-20(25)21-17-7-9-19(10-8-17)23-14-12-22(2)13-15-23/h7-10,18H,3-6,11-16H2,1-2H3,(H,21,25). The monoisotopic (exact) mass is 344 g/mol. The molecular formula is C20H32N4O. The smallest absolute Gasteiger partial charge is 0.238 e. The third-order valence-corrected chi connectivity index (χ3v) is 5.59. The number of amides is 1.